The van der Waals surface area contributed by atoms with Crippen molar-refractivity contribution >= 4 is 32.6 Å². The van der Waals surface area contributed by atoms with E-state index < -0.39 is 10.8 Å². The van der Waals surface area contributed by atoms with Gasteiger partial charge in [-0.05, 0) is 134 Å². The number of nitrogens with zero attached hydrogens (tertiary/aromatic N) is 2. The van der Waals surface area contributed by atoms with Crippen molar-refractivity contribution in [3.05, 3.63) is 324 Å². The van der Waals surface area contributed by atoms with E-state index in [0.717, 1.165) is 55.4 Å². The van der Waals surface area contributed by atoms with Crippen LogP contribution < -0.4 is 0 Å². The second kappa shape index (κ2) is 16.1. The molecule has 2 heteroatoms. The summed E-state index contributed by atoms with van der Waals surface area (Å²) < 4.78 is 0. The van der Waals surface area contributed by atoms with Crippen molar-refractivity contribution in [3.8, 4) is 89.3 Å². The normalized spacial score (nSPS) is 13.9. The molecule has 18 rings (SSSR count). The fourth-order valence-corrected chi connectivity index (χ4v) is 15.3. The van der Waals surface area contributed by atoms with Crippen LogP contribution in [0.5, 0.6) is 0 Å². The lowest BCUT2D eigenvalue weighted by molar-refractivity contribution is 0.794. The molecule has 368 valence electrons. The van der Waals surface area contributed by atoms with Crippen LogP contribution in [0.3, 0.4) is 0 Å². The Hall–Kier alpha value is -10.3. The Labute approximate surface area is 463 Å². The SMILES string of the molecule is c1ccc2c(c1)-c1ccccc1C21c2ccccc2-c2ccc(-c3ccc(-c4nc5c6ccccc6c6ccccc6c5nc4-c4ccc(-c5ccc6c(c5)C5(c7ccccc7-c7ccccc75)c5ccccc5-6)cc4)cc3)cc21. The van der Waals surface area contributed by atoms with Gasteiger partial charge in [-0.1, -0.05) is 267 Å². The van der Waals surface area contributed by atoms with Gasteiger partial charge in [0.2, 0.25) is 0 Å². The van der Waals surface area contributed by atoms with Crippen molar-refractivity contribution < 1.29 is 0 Å². The van der Waals surface area contributed by atoms with Crippen molar-refractivity contribution in [2.75, 3.05) is 0 Å². The molecule has 0 aliphatic heterocycles. The Balaban J connectivity index is 0.782. The molecule has 0 amide bonds. The Morgan fingerprint density at radius 2 is 0.425 bits per heavy atom. The summed E-state index contributed by atoms with van der Waals surface area (Å²) in [5.74, 6) is 0. The Morgan fingerprint density at radius 1 is 0.188 bits per heavy atom. The minimum Gasteiger partial charge on any atom is -0.243 e. The van der Waals surface area contributed by atoms with E-state index in [2.05, 4.69) is 279 Å². The van der Waals surface area contributed by atoms with Gasteiger partial charge < -0.3 is 0 Å². The van der Waals surface area contributed by atoms with Crippen LogP contribution in [0, 0.1) is 0 Å². The fraction of sp³-hybridized carbons (Fsp3) is 0.0256. The van der Waals surface area contributed by atoms with Crippen LogP contribution in [0.4, 0.5) is 0 Å². The second-order valence-corrected chi connectivity index (χ2v) is 22.2. The summed E-state index contributed by atoms with van der Waals surface area (Å²) in [6, 6.07) is 104. The third kappa shape index (κ3) is 5.61. The quantitative estimate of drug-likeness (QED) is 0.164. The van der Waals surface area contributed by atoms with Gasteiger partial charge in [0.25, 0.3) is 0 Å². The molecule has 4 aliphatic rings. The van der Waals surface area contributed by atoms with Crippen LogP contribution in [-0.4, -0.2) is 9.97 Å². The number of hydrogen-bond acceptors (Lipinski definition) is 2. The number of aromatic nitrogens is 2. The molecule has 1 heterocycles. The van der Waals surface area contributed by atoms with Gasteiger partial charge in [0.15, 0.2) is 0 Å². The first kappa shape index (κ1) is 43.8. The predicted molar refractivity (Wildman–Crippen MR) is 329 cm³/mol. The van der Waals surface area contributed by atoms with Gasteiger partial charge in [-0.2, -0.15) is 0 Å². The third-order valence-electron chi connectivity index (χ3n) is 18.5. The lowest BCUT2D eigenvalue weighted by atomic mass is 9.70. The molecule has 0 radical (unpaired) electrons. The molecule has 0 saturated heterocycles. The standard InChI is InChI=1S/C78H46N2/c1-3-25-63-53(17-1)54-18-2-4-26-64(54)76-75(63)79-73(49-37-33-47(34-38-49)51-41-43-61-59-23-9-15-31-69(59)77(71(61)45-51)65-27-11-5-19-55(65)56-20-6-12-28-66(56)77)74(80-76)50-39-35-48(36-40-50)52-42-44-62-60-24-10-16-32-70(60)78(72(62)46-52)67-29-13-7-21-57(67)58-22-8-14-30-68(58)78/h1-46H. The maximum absolute atomic E-state index is 5.72. The summed E-state index contributed by atoms with van der Waals surface area (Å²) >= 11 is 0. The molecule has 2 spiro atoms. The zero-order valence-electron chi connectivity index (χ0n) is 43.5. The first-order chi connectivity index (χ1) is 39.7. The highest BCUT2D eigenvalue weighted by Crippen LogP contribution is 2.65. The molecule has 1 aromatic heterocycles. The number of hydrogen-bond donors (Lipinski definition) is 0. The average Bonchev–Trinajstić information content (AvgIpc) is 3.83. The molecule has 2 nitrogen and oxygen atoms in total. The smallest absolute Gasteiger partial charge is 0.0979 e. The fourth-order valence-electron chi connectivity index (χ4n) is 15.3. The Bertz CT molecular complexity index is 4560. The number of benzene rings is 13. The highest BCUT2D eigenvalue weighted by atomic mass is 14.8. The van der Waals surface area contributed by atoms with E-state index >= 15 is 0 Å². The molecular formula is C78H46N2. The van der Waals surface area contributed by atoms with Gasteiger partial charge in [-0.15, -0.1) is 0 Å². The molecule has 14 aromatic rings. The van der Waals surface area contributed by atoms with E-state index in [1.54, 1.807) is 0 Å². The maximum atomic E-state index is 5.72. The Morgan fingerprint density at radius 3 is 0.738 bits per heavy atom. The molecule has 0 N–H and O–H groups in total. The molecule has 13 aromatic carbocycles. The van der Waals surface area contributed by atoms with E-state index in [1.807, 2.05) is 0 Å². The van der Waals surface area contributed by atoms with Gasteiger partial charge in [0, 0.05) is 21.9 Å². The summed E-state index contributed by atoms with van der Waals surface area (Å²) in [6.07, 6.45) is 0. The minimum absolute atomic E-state index is 0.407. The van der Waals surface area contributed by atoms with Crippen molar-refractivity contribution in [1.29, 1.82) is 0 Å². The van der Waals surface area contributed by atoms with E-state index in [9.17, 15) is 0 Å². The summed E-state index contributed by atoms with van der Waals surface area (Å²) in [7, 11) is 0. The van der Waals surface area contributed by atoms with E-state index in [-0.39, 0.29) is 0 Å². The molecule has 0 saturated carbocycles. The van der Waals surface area contributed by atoms with Crippen LogP contribution in [0.2, 0.25) is 0 Å². The van der Waals surface area contributed by atoms with Gasteiger partial charge in [0.05, 0.1) is 33.3 Å². The van der Waals surface area contributed by atoms with Gasteiger partial charge >= 0.3 is 0 Å². The topological polar surface area (TPSA) is 25.8 Å². The summed E-state index contributed by atoms with van der Waals surface area (Å²) in [5, 5.41) is 4.55. The van der Waals surface area contributed by atoms with Crippen LogP contribution in [0.1, 0.15) is 44.5 Å². The molecule has 0 bridgehead atoms. The monoisotopic (exact) mass is 1010 g/mol. The van der Waals surface area contributed by atoms with Crippen molar-refractivity contribution in [3.63, 3.8) is 0 Å². The zero-order valence-corrected chi connectivity index (χ0v) is 43.5. The largest absolute Gasteiger partial charge is 0.243 e. The first-order valence-corrected chi connectivity index (χ1v) is 27.9. The molecule has 0 atom stereocenters. The van der Waals surface area contributed by atoms with Crippen molar-refractivity contribution in [2.45, 2.75) is 10.8 Å². The molecular weight excluding hydrogens is 965 g/mol. The highest BCUT2D eigenvalue weighted by Gasteiger charge is 2.53. The highest BCUT2D eigenvalue weighted by molar-refractivity contribution is 6.23. The van der Waals surface area contributed by atoms with Gasteiger partial charge in [0.1, 0.15) is 0 Å². The molecule has 4 aliphatic carbocycles. The van der Waals surface area contributed by atoms with Crippen LogP contribution in [0.25, 0.3) is 122 Å². The van der Waals surface area contributed by atoms with Crippen molar-refractivity contribution in [2.24, 2.45) is 0 Å². The van der Waals surface area contributed by atoms with E-state index in [4.69, 9.17) is 9.97 Å². The van der Waals surface area contributed by atoms with Crippen molar-refractivity contribution in [1.82, 2.24) is 9.97 Å². The van der Waals surface area contributed by atoms with E-state index in [1.165, 1.54) is 111 Å². The summed E-state index contributed by atoms with van der Waals surface area (Å²) in [4.78, 5) is 11.4. The number of fused-ring (bicyclic) bond motifs is 26. The van der Waals surface area contributed by atoms with Crippen LogP contribution in [-0.2, 0) is 10.8 Å². The third-order valence-corrected chi connectivity index (χ3v) is 18.5. The van der Waals surface area contributed by atoms with Gasteiger partial charge in [-0.25, -0.2) is 9.97 Å². The lowest BCUT2D eigenvalue weighted by Gasteiger charge is -2.30. The average molecular weight is 1010 g/mol. The lowest BCUT2D eigenvalue weighted by Crippen LogP contribution is -2.25. The van der Waals surface area contributed by atoms with E-state index in [0.29, 0.717) is 0 Å². The molecule has 0 fully saturated rings. The molecule has 0 unspecified atom stereocenters. The van der Waals surface area contributed by atoms with Gasteiger partial charge in [-0.3, -0.25) is 0 Å². The predicted octanol–water partition coefficient (Wildman–Crippen LogP) is 19.3. The van der Waals surface area contributed by atoms with Crippen LogP contribution >= 0.6 is 0 Å². The number of rotatable bonds is 4. The second-order valence-electron chi connectivity index (χ2n) is 22.2. The van der Waals surface area contributed by atoms with Crippen LogP contribution in [0.15, 0.2) is 279 Å². The summed E-state index contributed by atoms with van der Waals surface area (Å²) in [5.41, 5.74) is 30.7. The first-order valence-electron chi connectivity index (χ1n) is 27.9. The maximum Gasteiger partial charge on any atom is 0.0979 e. The summed E-state index contributed by atoms with van der Waals surface area (Å²) in [6.45, 7) is 0. The Kier molecular flexibility index (Phi) is 8.83. The minimum atomic E-state index is -0.407. The zero-order chi connectivity index (χ0) is 52.3. The molecule has 80 heavy (non-hydrogen) atoms.